The van der Waals surface area contributed by atoms with Crippen molar-refractivity contribution in [3.63, 3.8) is 0 Å². The molecule has 30 heavy (non-hydrogen) atoms. The van der Waals surface area contributed by atoms with Gasteiger partial charge in [-0.15, -0.1) is 0 Å². The second kappa shape index (κ2) is 10.2. The third-order valence-corrected chi connectivity index (χ3v) is 5.37. The van der Waals surface area contributed by atoms with Gasteiger partial charge >= 0.3 is 0 Å². The van der Waals surface area contributed by atoms with Crippen LogP contribution in [0.3, 0.4) is 0 Å². The van der Waals surface area contributed by atoms with Gasteiger partial charge in [-0.1, -0.05) is 60.1 Å². The van der Waals surface area contributed by atoms with E-state index in [1.807, 2.05) is 73.1 Å². The van der Waals surface area contributed by atoms with Crippen LogP contribution in [0.15, 0.2) is 60.7 Å². The van der Waals surface area contributed by atoms with Gasteiger partial charge in [-0.2, -0.15) is 5.10 Å². The van der Waals surface area contributed by atoms with Crippen LogP contribution >= 0.6 is 11.6 Å². The molecule has 3 rings (SSSR count). The lowest BCUT2D eigenvalue weighted by Crippen LogP contribution is -2.31. The third kappa shape index (κ3) is 5.38. The molecule has 6 heteroatoms. The van der Waals surface area contributed by atoms with E-state index in [1.54, 1.807) is 17.1 Å². The molecule has 1 amide bonds. The first kappa shape index (κ1) is 21.8. The van der Waals surface area contributed by atoms with Gasteiger partial charge in [0.05, 0.1) is 18.8 Å². The first-order chi connectivity index (χ1) is 14.5. The summed E-state index contributed by atoms with van der Waals surface area (Å²) in [6.45, 7) is 5.13. The minimum atomic E-state index is -0.148. The van der Waals surface area contributed by atoms with E-state index >= 15 is 0 Å². The summed E-state index contributed by atoms with van der Waals surface area (Å²) < 4.78 is 1.90. The summed E-state index contributed by atoms with van der Waals surface area (Å²) in [5, 5.41) is 14.7. The van der Waals surface area contributed by atoms with Crippen molar-refractivity contribution >= 4 is 23.6 Å². The molecule has 0 atom stereocenters. The number of carbonyl (C=O) groups is 1. The number of aliphatic hydroxyl groups excluding tert-OH is 1. The lowest BCUT2D eigenvalue weighted by atomic mass is 10.1. The van der Waals surface area contributed by atoms with Gasteiger partial charge in [-0.25, -0.2) is 0 Å². The second-order valence-corrected chi connectivity index (χ2v) is 7.54. The third-order valence-electron chi connectivity index (χ3n) is 5.01. The normalized spacial score (nSPS) is 11.2. The van der Waals surface area contributed by atoms with E-state index in [0.717, 1.165) is 28.1 Å². The number of benzene rings is 2. The molecule has 156 valence electrons. The van der Waals surface area contributed by atoms with Gasteiger partial charge in [0.1, 0.15) is 0 Å². The molecule has 0 fully saturated rings. The zero-order valence-corrected chi connectivity index (χ0v) is 18.0. The van der Waals surface area contributed by atoms with Gasteiger partial charge in [0.2, 0.25) is 5.91 Å². The number of hydrogen-bond acceptors (Lipinski definition) is 3. The van der Waals surface area contributed by atoms with Gasteiger partial charge in [-0.05, 0) is 37.1 Å². The highest BCUT2D eigenvalue weighted by molar-refractivity contribution is 6.31. The van der Waals surface area contributed by atoms with E-state index in [1.165, 1.54) is 0 Å². The molecule has 1 N–H and O–H groups in total. The van der Waals surface area contributed by atoms with E-state index in [9.17, 15) is 9.90 Å². The molecule has 2 aromatic carbocycles. The molecule has 3 aromatic rings. The number of rotatable bonds is 8. The van der Waals surface area contributed by atoms with Crippen molar-refractivity contribution in [2.24, 2.45) is 0 Å². The fourth-order valence-electron chi connectivity index (χ4n) is 3.35. The summed E-state index contributed by atoms with van der Waals surface area (Å²) >= 11 is 6.28. The number of halogens is 1. The smallest absolute Gasteiger partial charge is 0.246 e. The fourth-order valence-corrected chi connectivity index (χ4v) is 3.54. The molecule has 0 radical (unpaired) electrons. The number of aliphatic hydroxyl groups is 1. The van der Waals surface area contributed by atoms with Crippen LogP contribution in [0.25, 0.3) is 6.08 Å². The molecule has 0 aliphatic carbocycles. The van der Waals surface area contributed by atoms with Crippen molar-refractivity contribution in [1.29, 1.82) is 0 Å². The van der Waals surface area contributed by atoms with Crippen LogP contribution < -0.4 is 0 Å². The summed E-state index contributed by atoms with van der Waals surface area (Å²) in [6.07, 6.45) is 3.36. The second-order valence-electron chi connectivity index (χ2n) is 7.14. The maximum absolute atomic E-state index is 12.8. The number of aromatic nitrogens is 2. The summed E-state index contributed by atoms with van der Waals surface area (Å²) in [5.74, 6) is -0.148. The van der Waals surface area contributed by atoms with Crippen molar-refractivity contribution in [2.75, 3.05) is 13.2 Å². The average molecular weight is 424 g/mol. The predicted molar refractivity (Wildman–Crippen MR) is 120 cm³/mol. The molecule has 0 aliphatic rings. The van der Waals surface area contributed by atoms with Crippen LogP contribution in [0, 0.1) is 13.8 Å². The maximum Gasteiger partial charge on any atom is 0.246 e. The van der Waals surface area contributed by atoms with E-state index < -0.39 is 0 Å². The Morgan fingerprint density at radius 2 is 1.83 bits per heavy atom. The maximum atomic E-state index is 12.8. The number of amides is 1. The van der Waals surface area contributed by atoms with Crippen molar-refractivity contribution in [3.8, 4) is 0 Å². The lowest BCUT2D eigenvalue weighted by molar-refractivity contribution is -0.127. The molecular weight excluding hydrogens is 398 g/mol. The number of nitrogens with zero attached hydrogens (tertiary/aromatic N) is 3. The van der Waals surface area contributed by atoms with Gasteiger partial charge in [0.25, 0.3) is 0 Å². The van der Waals surface area contributed by atoms with Crippen LogP contribution in [0.1, 0.15) is 28.1 Å². The van der Waals surface area contributed by atoms with Crippen molar-refractivity contribution in [2.45, 2.75) is 26.9 Å². The van der Waals surface area contributed by atoms with Crippen LogP contribution in [-0.2, 0) is 17.9 Å². The Balaban J connectivity index is 1.76. The Kier molecular flexibility index (Phi) is 7.44. The van der Waals surface area contributed by atoms with Crippen LogP contribution in [0.5, 0.6) is 0 Å². The monoisotopic (exact) mass is 423 g/mol. The average Bonchev–Trinajstić information content (AvgIpc) is 3.01. The summed E-state index contributed by atoms with van der Waals surface area (Å²) in [7, 11) is 0. The van der Waals surface area contributed by atoms with Gasteiger partial charge in [0.15, 0.2) is 0 Å². The molecule has 0 saturated carbocycles. The highest BCUT2D eigenvalue weighted by Crippen LogP contribution is 2.20. The standard InChI is InChI=1S/C24H26ClN3O2/c1-18-22(19(2)28(26-18)17-21-10-6-7-11-23(21)25)12-13-24(30)27(14-15-29)16-20-8-4-3-5-9-20/h3-13,29H,14-17H2,1-2H3/b13-12+. The highest BCUT2D eigenvalue weighted by Gasteiger charge is 2.14. The molecule has 1 heterocycles. The molecule has 0 bridgehead atoms. The van der Waals surface area contributed by atoms with Crippen LogP contribution in [-0.4, -0.2) is 38.8 Å². The van der Waals surface area contributed by atoms with Gasteiger partial charge < -0.3 is 10.0 Å². The van der Waals surface area contributed by atoms with Gasteiger partial charge in [-0.3, -0.25) is 9.48 Å². The topological polar surface area (TPSA) is 58.4 Å². The Morgan fingerprint density at radius 3 is 2.53 bits per heavy atom. The van der Waals surface area contributed by atoms with E-state index in [0.29, 0.717) is 18.1 Å². The molecule has 5 nitrogen and oxygen atoms in total. The predicted octanol–water partition coefficient (Wildman–Crippen LogP) is 4.24. The summed E-state index contributed by atoms with van der Waals surface area (Å²) in [5.41, 5.74) is 4.74. The summed E-state index contributed by atoms with van der Waals surface area (Å²) in [4.78, 5) is 14.4. The Bertz CT molecular complexity index is 1030. The molecule has 0 aliphatic heterocycles. The first-order valence-electron chi connectivity index (χ1n) is 9.88. The van der Waals surface area contributed by atoms with Crippen LogP contribution in [0.2, 0.25) is 5.02 Å². The molecule has 0 spiro atoms. The highest BCUT2D eigenvalue weighted by atomic mass is 35.5. The number of aryl methyl sites for hydroxylation is 1. The molecule has 1 aromatic heterocycles. The minimum Gasteiger partial charge on any atom is -0.395 e. The first-order valence-corrected chi connectivity index (χ1v) is 10.3. The van der Waals surface area contributed by atoms with E-state index in [2.05, 4.69) is 5.10 Å². The lowest BCUT2D eigenvalue weighted by Gasteiger charge is -2.20. The van der Waals surface area contributed by atoms with Gasteiger partial charge in [0, 0.05) is 35.4 Å². The minimum absolute atomic E-state index is 0.0831. The number of hydrogen-bond donors (Lipinski definition) is 1. The number of carbonyl (C=O) groups excluding carboxylic acids is 1. The fraction of sp³-hybridized carbons (Fsp3) is 0.250. The Hall–Kier alpha value is -2.89. The van der Waals surface area contributed by atoms with E-state index in [4.69, 9.17) is 11.6 Å². The Morgan fingerprint density at radius 1 is 1.13 bits per heavy atom. The molecule has 0 unspecified atom stereocenters. The van der Waals surface area contributed by atoms with Crippen molar-refractivity contribution < 1.29 is 9.90 Å². The van der Waals surface area contributed by atoms with Crippen molar-refractivity contribution in [1.82, 2.24) is 14.7 Å². The molecule has 0 saturated heterocycles. The largest absolute Gasteiger partial charge is 0.395 e. The quantitative estimate of drug-likeness (QED) is 0.551. The SMILES string of the molecule is Cc1nn(Cc2ccccc2Cl)c(C)c1/C=C/C(=O)N(CCO)Cc1ccccc1. The van der Waals surface area contributed by atoms with Crippen molar-refractivity contribution in [3.05, 3.63) is 93.8 Å². The zero-order valence-electron chi connectivity index (χ0n) is 17.3. The zero-order chi connectivity index (χ0) is 21.5. The summed E-state index contributed by atoms with van der Waals surface area (Å²) in [6, 6.07) is 17.4. The van der Waals surface area contributed by atoms with Crippen LogP contribution in [0.4, 0.5) is 0 Å². The molecular formula is C24H26ClN3O2. The van der Waals surface area contributed by atoms with E-state index in [-0.39, 0.29) is 19.1 Å². The Labute approximate surface area is 182 Å².